The number of nitrogens with two attached hydrogens (primary N) is 2. The standard InChI is InChI=1S/C11H13N7O/c12-9-3-7(11(13)19)8(4-14-9)17-1-2-18-6-15-16-10(18)5-17/h3-4,6H,1-2,5H2,(H2,12,14)(H2,13,19). The fourth-order valence-electron chi connectivity index (χ4n) is 2.19. The number of hydrogen-bond acceptors (Lipinski definition) is 6. The second-order valence-electron chi connectivity index (χ2n) is 4.35. The summed E-state index contributed by atoms with van der Waals surface area (Å²) in [6.07, 6.45) is 3.27. The Bertz CT molecular complexity index is 636. The Hall–Kier alpha value is -2.64. The molecule has 3 heterocycles. The quantitative estimate of drug-likeness (QED) is 0.742. The molecule has 0 aliphatic carbocycles. The minimum Gasteiger partial charge on any atom is -0.384 e. The zero-order chi connectivity index (χ0) is 13.4. The van der Waals surface area contributed by atoms with Crippen molar-refractivity contribution in [2.24, 2.45) is 5.73 Å². The van der Waals surface area contributed by atoms with Gasteiger partial charge in [-0.05, 0) is 6.07 Å². The maximum atomic E-state index is 11.5. The molecule has 0 fully saturated rings. The number of anilines is 2. The summed E-state index contributed by atoms with van der Waals surface area (Å²) in [5.74, 6) is 0.604. The van der Waals surface area contributed by atoms with Crippen LogP contribution in [0.1, 0.15) is 16.2 Å². The van der Waals surface area contributed by atoms with Crippen molar-refractivity contribution in [3.63, 3.8) is 0 Å². The van der Waals surface area contributed by atoms with Gasteiger partial charge in [0.15, 0.2) is 5.82 Å². The first-order chi connectivity index (χ1) is 9.15. The first kappa shape index (κ1) is 11.5. The number of nitrogen functional groups attached to an aromatic ring is 1. The van der Waals surface area contributed by atoms with Crippen LogP contribution in [0.15, 0.2) is 18.6 Å². The molecule has 8 nitrogen and oxygen atoms in total. The molecule has 4 N–H and O–H groups in total. The van der Waals surface area contributed by atoms with E-state index in [1.54, 1.807) is 12.5 Å². The van der Waals surface area contributed by atoms with E-state index in [0.29, 0.717) is 17.8 Å². The molecule has 1 aliphatic heterocycles. The van der Waals surface area contributed by atoms with Crippen LogP contribution in [0.2, 0.25) is 0 Å². The second kappa shape index (κ2) is 4.23. The van der Waals surface area contributed by atoms with Gasteiger partial charge in [-0.15, -0.1) is 10.2 Å². The molecule has 98 valence electrons. The van der Waals surface area contributed by atoms with Crippen molar-refractivity contribution < 1.29 is 4.79 Å². The number of amides is 1. The summed E-state index contributed by atoms with van der Waals surface area (Å²) >= 11 is 0. The SMILES string of the molecule is NC(=O)c1cc(N)ncc1N1CCn2cnnc2C1. The number of nitrogens with zero attached hydrogens (tertiary/aromatic N) is 5. The van der Waals surface area contributed by atoms with E-state index in [2.05, 4.69) is 15.2 Å². The van der Waals surface area contributed by atoms with Gasteiger partial charge in [0.05, 0.1) is 24.0 Å². The van der Waals surface area contributed by atoms with Gasteiger partial charge < -0.3 is 20.9 Å². The van der Waals surface area contributed by atoms with E-state index in [-0.39, 0.29) is 5.82 Å². The molecule has 1 aliphatic rings. The average Bonchev–Trinajstić information content (AvgIpc) is 2.85. The van der Waals surface area contributed by atoms with Gasteiger partial charge in [0.25, 0.3) is 5.91 Å². The fourth-order valence-corrected chi connectivity index (χ4v) is 2.19. The fraction of sp³-hybridized carbons (Fsp3) is 0.273. The van der Waals surface area contributed by atoms with E-state index in [1.807, 2.05) is 9.47 Å². The largest absolute Gasteiger partial charge is 0.384 e. The van der Waals surface area contributed by atoms with Gasteiger partial charge in [-0.25, -0.2) is 4.98 Å². The molecule has 3 rings (SSSR count). The van der Waals surface area contributed by atoms with E-state index >= 15 is 0 Å². The van der Waals surface area contributed by atoms with Gasteiger partial charge in [0, 0.05) is 13.1 Å². The highest BCUT2D eigenvalue weighted by atomic mass is 16.1. The summed E-state index contributed by atoms with van der Waals surface area (Å²) in [6.45, 7) is 2.05. The minimum atomic E-state index is -0.517. The molecule has 1 amide bonds. The Kier molecular flexibility index (Phi) is 2.55. The van der Waals surface area contributed by atoms with Gasteiger partial charge in [-0.3, -0.25) is 4.79 Å². The summed E-state index contributed by atoms with van der Waals surface area (Å²) in [4.78, 5) is 17.5. The third-order valence-corrected chi connectivity index (χ3v) is 3.15. The summed E-state index contributed by atoms with van der Waals surface area (Å²) in [7, 11) is 0. The molecule has 0 atom stereocenters. The third-order valence-electron chi connectivity index (χ3n) is 3.15. The van der Waals surface area contributed by atoms with Crippen LogP contribution in [0.4, 0.5) is 11.5 Å². The van der Waals surface area contributed by atoms with Crippen molar-refractivity contribution in [1.29, 1.82) is 0 Å². The molecular weight excluding hydrogens is 246 g/mol. The molecule has 0 spiro atoms. The first-order valence-corrected chi connectivity index (χ1v) is 5.82. The Morgan fingerprint density at radius 3 is 3.00 bits per heavy atom. The lowest BCUT2D eigenvalue weighted by molar-refractivity contribution is 0.100. The van der Waals surface area contributed by atoms with Crippen LogP contribution in [-0.4, -0.2) is 32.2 Å². The van der Waals surface area contributed by atoms with Crippen LogP contribution in [-0.2, 0) is 13.1 Å². The number of carbonyl (C=O) groups is 1. The number of primary amides is 1. The molecule has 2 aromatic rings. The van der Waals surface area contributed by atoms with Crippen molar-refractivity contribution >= 4 is 17.4 Å². The molecule has 19 heavy (non-hydrogen) atoms. The molecular formula is C11H13N7O. The number of rotatable bonds is 2. The predicted octanol–water partition coefficient (Wildman–Crippen LogP) is -0.626. The maximum Gasteiger partial charge on any atom is 0.251 e. The number of hydrogen-bond donors (Lipinski definition) is 2. The van der Waals surface area contributed by atoms with Crippen molar-refractivity contribution in [2.75, 3.05) is 17.2 Å². The van der Waals surface area contributed by atoms with E-state index in [9.17, 15) is 4.79 Å². The molecule has 2 aromatic heterocycles. The molecule has 0 bridgehead atoms. The Balaban J connectivity index is 1.98. The van der Waals surface area contributed by atoms with Gasteiger partial charge in [0.2, 0.25) is 0 Å². The third kappa shape index (κ3) is 1.96. The summed E-state index contributed by atoms with van der Waals surface area (Å²) in [5, 5.41) is 7.90. The first-order valence-electron chi connectivity index (χ1n) is 5.82. The molecule has 8 heteroatoms. The minimum absolute atomic E-state index is 0.276. The number of carbonyl (C=O) groups excluding carboxylic acids is 1. The van der Waals surface area contributed by atoms with Gasteiger partial charge in [-0.1, -0.05) is 0 Å². The molecule has 0 saturated carbocycles. The van der Waals surface area contributed by atoms with Crippen LogP contribution in [0.25, 0.3) is 0 Å². The molecule has 0 aromatic carbocycles. The zero-order valence-corrected chi connectivity index (χ0v) is 10.2. The molecule has 0 radical (unpaired) electrons. The highest BCUT2D eigenvalue weighted by Crippen LogP contribution is 2.24. The van der Waals surface area contributed by atoms with Crippen LogP contribution < -0.4 is 16.4 Å². The lowest BCUT2D eigenvalue weighted by Crippen LogP contribution is -2.35. The van der Waals surface area contributed by atoms with Crippen LogP contribution in [0.3, 0.4) is 0 Å². The highest BCUT2D eigenvalue weighted by molar-refractivity contribution is 5.99. The van der Waals surface area contributed by atoms with Gasteiger partial charge >= 0.3 is 0 Å². The number of pyridine rings is 1. The van der Waals surface area contributed by atoms with Gasteiger partial charge in [0.1, 0.15) is 12.1 Å². The van der Waals surface area contributed by atoms with Gasteiger partial charge in [-0.2, -0.15) is 0 Å². The molecule has 0 unspecified atom stereocenters. The van der Waals surface area contributed by atoms with E-state index < -0.39 is 5.91 Å². The lowest BCUT2D eigenvalue weighted by Gasteiger charge is -2.29. The molecule has 0 saturated heterocycles. The number of fused-ring (bicyclic) bond motifs is 1. The zero-order valence-electron chi connectivity index (χ0n) is 10.2. The van der Waals surface area contributed by atoms with Crippen molar-refractivity contribution in [1.82, 2.24) is 19.7 Å². The van der Waals surface area contributed by atoms with Crippen LogP contribution in [0, 0.1) is 0 Å². The monoisotopic (exact) mass is 259 g/mol. The van der Waals surface area contributed by atoms with Crippen LogP contribution in [0.5, 0.6) is 0 Å². The Morgan fingerprint density at radius 1 is 1.37 bits per heavy atom. The van der Waals surface area contributed by atoms with E-state index in [1.165, 1.54) is 6.07 Å². The maximum absolute atomic E-state index is 11.5. The van der Waals surface area contributed by atoms with E-state index in [0.717, 1.165) is 18.9 Å². The van der Waals surface area contributed by atoms with Crippen molar-refractivity contribution in [3.05, 3.63) is 30.0 Å². The average molecular weight is 259 g/mol. The topological polar surface area (TPSA) is 116 Å². The predicted molar refractivity (Wildman–Crippen MR) is 68.2 cm³/mol. The summed E-state index contributed by atoms with van der Waals surface area (Å²) in [6, 6.07) is 1.50. The van der Waals surface area contributed by atoms with Crippen molar-refractivity contribution in [2.45, 2.75) is 13.1 Å². The Labute approximate surface area is 109 Å². The summed E-state index contributed by atoms with van der Waals surface area (Å²) < 4.78 is 1.98. The number of aromatic nitrogens is 4. The normalized spacial score (nSPS) is 14.2. The van der Waals surface area contributed by atoms with Crippen LogP contribution >= 0.6 is 0 Å². The Morgan fingerprint density at radius 2 is 2.21 bits per heavy atom. The highest BCUT2D eigenvalue weighted by Gasteiger charge is 2.21. The van der Waals surface area contributed by atoms with Crippen molar-refractivity contribution in [3.8, 4) is 0 Å². The van der Waals surface area contributed by atoms with E-state index in [4.69, 9.17) is 11.5 Å². The second-order valence-corrected chi connectivity index (χ2v) is 4.35. The smallest absolute Gasteiger partial charge is 0.251 e. The lowest BCUT2D eigenvalue weighted by atomic mass is 10.1. The summed E-state index contributed by atoms with van der Waals surface area (Å²) in [5.41, 5.74) is 12.0.